The van der Waals surface area contributed by atoms with Crippen LogP contribution in [0.25, 0.3) is 0 Å². The molecule has 0 aromatic heterocycles. The number of ether oxygens (including phenoxy) is 2. The molecule has 1 aromatic rings. The highest BCUT2D eigenvalue weighted by Crippen LogP contribution is 2.34. The summed E-state index contributed by atoms with van der Waals surface area (Å²) in [6, 6.07) is 3.30. The SMILES string of the molecule is COc1cc(Br)cc(C(=O)NN)c1OC. The van der Waals surface area contributed by atoms with E-state index in [2.05, 4.69) is 15.9 Å². The average molecular weight is 275 g/mol. The second-order valence-corrected chi connectivity index (χ2v) is 3.58. The Kier molecular flexibility index (Phi) is 3.93. The van der Waals surface area contributed by atoms with E-state index in [1.54, 1.807) is 12.1 Å². The first kappa shape index (κ1) is 11.8. The molecular weight excluding hydrogens is 264 g/mol. The molecule has 82 valence electrons. The van der Waals surface area contributed by atoms with Gasteiger partial charge in [0.15, 0.2) is 11.5 Å². The van der Waals surface area contributed by atoms with Crippen LogP contribution in [0.3, 0.4) is 0 Å². The minimum absolute atomic E-state index is 0.311. The molecule has 0 saturated heterocycles. The van der Waals surface area contributed by atoms with Crippen molar-refractivity contribution in [3.8, 4) is 11.5 Å². The first-order valence-electron chi connectivity index (χ1n) is 4.06. The largest absolute Gasteiger partial charge is 0.493 e. The van der Waals surface area contributed by atoms with E-state index < -0.39 is 5.91 Å². The van der Waals surface area contributed by atoms with Gasteiger partial charge in [-0.2, -0.15) is 0 Å². The molecule has 0 aliphatic carbocycles. The second-order valence-electron chi connectivity index (χ2n) is 2.66. The molecule has 0 heterocycles. The molecule has 0 aliphatic heterocycles. The molecule has 1 amide bonds. The molecular formula is C9H11BrN2O3. The van der Waals surface area contributed by atoms with E-state index in [1.807, 2.05) is 5.43 Å². The molecule has 0 radical (unpaired) electrons. The highest BCUT2D eigenvalue weighted by Gasteiger charge is 2.16. The van der Waals surface area contributed by atoms with Gasteiger partial charge in [-0.15, -0.1) is 0 Å². The van der Waals surface area contributed by atoms with Crippen molar-refractivity contribution < 1.29 is 14.3 Å². The summed E-state index contributed by atoms with van der Waals surface area (Å²) in [5.74, 6) is 5.43. The molecule has 6 heteroatoms. The predicted molar refractivity (Wildman–Crippen MR) is 58.9 cm³/mol. The number of methoxy groups -OCH3 is 2. The lowest BCUT2D eigenvalue weighted by atomic mass is 10.2. The molecule has 0 saturated carbocycles. The van der Waals surface area contributed by atoms with Crippen molar-refractivity contribution >= 4 is 21.8 Å². The molecule has 0 unspecified atom stereocenters. The van der Waals surface area contributed by atoms with Gasteiger partial charge in [-0.25, -0.2) is 5.84 Å². The number of benzene rings is 1. The molecule has 1 aromatic carbocycles. The van der Waals surface area contributed by atoms with Crippen LogP contribution < -0.4 is 20.7 Å². The summed E-state index contributed by atoms with van der Waals surface area (Å²) in [6.45, 7) is 0. The Balaban J connectivity index is 3.35. The summed E-state index contributed by atoms with van der Waals surface area (Å²) in [7, 11) is 2.95. The van der Waals surface area contributed by atoms with Gasteiger partial charge in [-0.3, -0.25) is 10.2 Å². The van der Waals surface area contributed by atoms with Crippen LogP contribution in [0, 0.1) is 0 Å². The molecule has 0 spiro atoms. The number of hydrogen-bond acceptors (Lipinski definition) is 4. The third-order valence-corrected chi connectivity index (χ3v) is 2.28. The first-order valence-corrected chi connectivity index (χ1v) is 4.85. The topological polar surface area (TPSA) is 73.6 Å². The smallest absolute Gasteiger partial charge is 0.269 e. The maximum Gasteiger partial charge on any atom is 0.269 e. The average Bonchev–Trinajstić information content (AvgIpc) is 2.26. The number of rotatable bonds is 3. The minimum Gasteiger partial charge on any atom is -0.493 e. The lowest BCUT2D eigenvalue weighted by molar-refractivity contribution is 0.0950. The molecule has 3 N–H and O–H groups in total. The molecule has 1 rings (SSSR count). The lowest BCUT2D eigenvalue weighted by Crippen LogP contribution is -2.30. The number of hydrogen-bond donors (Lipinski definition) is 2. The summed E-state index contributed by atoms with van der Waals surface area (Å²) in [5.41, 5.74) is 2.35. The van der Waals surface area contributed by atoms with Crippen LogP contribution in [0.4, 0.5) is 0 Å². The van der Waals surface area contributed by atoms with Gasteiger partial charge in [0.05, 0.1) is 19.8 Å². The highest BCUT2D eigenvalue weighted by molar-refractivity contribution is 9.10. The van der Waals surface area contributed by atoms with Crippen molar-refractivity contribution in [1.82, 2.24) is 5.43 Å². The zero-order valence-corrected chi connectivity index (χ0v) is 9.92. The Morgan fingerprint density at radius 3 is 2.53 bits per heavy atom. The Morgan fingerprint density at radius 1 is 1.40 bits per heavy atom. The van der Waals surface area contributed by atoms with Crippen LogP contribution in [-0.2, 0) is 0 Å². The summed E-state index contributed by atoms with van der Waals surface area (Å²) in [5, 5.41) is 0. The maximum atomic E-state index is 11.4. The third kappa shape index (κ3) is 2.40. The summed E-state index contributed by atoms with van der Waals surface area (Å²) in [6.07, 6.45) is 0. The van der Waals surface area contributed by atoms with Crippen molar-refractivity contribution in [3.63, 3.8) is 0 Å². The van der Waals surface area contributed by atoms with Gasteiger partial charge in [-0.1, -0.05) is 15.9 Å². The Labute approximate surface area is 95.6 Å². The van der Waals surface area contributed by atoms with Gasteiger partial charge >= 0.3 is 0 Å². The van der Waals surface area contributed by atoms with E-state index in [-0.39, 0.29) is 0 Å². The normalized spacial score (nSPS) is 9.60. The van der Waals surface area contributed by atoms with Gasteiger partial charge in [0, 0.05) is 4.47 Å². The molecule has 0 aliphatic rings. The monoisotopic (exact) mass is 274 g/mol. The number of amides is 1. The van der Waals surface area contributed by atoms with Crippen molar-refractivity contribution in [2.45, 2.75) is 0 Å². The molecule has 15 heavy (non-hydrogen) atoms. The summed E-state index contributed by atoms with van der Waals surface area (Å²) < 4.78 is 10.9. The van der Waals surface area contributed by atoms with E-state index in [1.165, 1.54) is 14.2 Å². The molecule has 0 atom stereocenters. The van der Waals surface area contributed by atoms with Crippen LogP contribution in [0.5, 0.6) is 11.5 Å². The van der Waals surface area contributed by atoms with Gasteiger partial charge < -0.3 is 9.47 Å². The van der Waals surface area contributed by atoms with E-state index in [9.17, 15) is 4.79 Å². The van der Waals surface area contributed by atoms with E-state index in [0.717, 1.165) is 0 Å². The number of nitrogens with one attached hydrogen (secondary N) is 1. The number of carbonyl (C=O) groups is 1. The fourth-order valence-electron chi connectivity index (χ4n) is 1.18. The van der Waals surface area contributed by atoms with Gasteiger partial charge in [0.1, 0.15) is 0 Å². The third-order valence-electron chi connectivity index (χ3n) is 1.82. The number of carbonyl (C=O) groups excluding carboxylic acids is 1. The van der Waals surface area contributed by atoms with Crippen LogP contribution >= 0.6 is 15.9 Å². The van der Waals surface area contributed by atoms with Crippen molar-refractivity contribution in [3.05, 3.63) is 22.2 Å². The quantitative estimate of drug-likeness (QED) is 0.491. The summed E-state index contributed by atoms with van der Waals surface area (Å²) >= 11 is 3.26. The predicted octanol–water partition coefficient (Wildman–Crippen LogP) is 1.07. The fourth-order valence-corrected chi connectivity index (χ4v) is 1.61. The Bertz CT molecular complexity index is 382. The number of nitrogens with two attached hydrogens (primary N) is 1. The van der Waals surface area contributed by atoms with Crippen LogP contribution in [-0.4, -0.2) is 20.1 Å². The van der Waals surface area contributed by atoms with Gasteiger partial charge in [-0.05, 0) is 12.1 Å². The van der Waals surface area contributed by atoms with E-state index in [0.29, 0.717) is 21.5 Å². The summed E-state index contributed by atoms with van der Waals surface area (Å²) in [4.78, 5) is 11.4. The van der Waals surface area contributed by atoms with Crippen LogP contribution in [0.2, 0.25) is 0 Å². The molecule has 0 bridgehead atoms. The van der Waals surface area contributed by atoms with Crippen molar-refractivity contribution in [1.29, 1.82) is 0 Å². The van der Waals surface area contributed by atoms with Crippen molar-refractivity contribution in [2.75, 3.05) is 14.2 Å². The molecule has 5 nitrogen and oxygen atoms in total. The maximum absolute atomic E-state index is 11.4. The standard InChI is InChI=1S/C9H11BrN2O3/c1-14-7-4-5(10)3-6(8(7)15-2)9(13)12-11/h3-4H,11H2,1-2H3,(H,12,13). The zero-order valence-electron chi connectivity index (χ0n) is 8.33. The molecule has 0 fully saturated rings. The highest BCUT2D eigenvalue weighted by atomic mass is 79.9. The van der Waals surface area contributed by atoms with Gasteiger partial charge in [0.25, 0.3) is 5.91 Å². The lowest BCUT2D eigenvalue weighted by Gasteiger charge is -2.12. The van der Waals surface area contributed by atoms with Gasteiger partial charge in [0.2, 0.25) is 0 Å². The number of hydrazine groups is 1. The zero-order chi connectivity index (χ0) is 11.4. The minimum atomic E-state index is -0.438. The fraction of sp³-hybridized carbons (Fsp3) is 0.222. The van der Waals surface area contributed by atoms with Crippen LogP contribution in [0.15, 0.2) is 16.6 Å². The Morgan fingerprint density at radius 2 is 2.07 bits per heavy atom. The van der Waals surface area contributed by atoms with Crippen molar-refractivity contribution in [2.24, 2.45) is 5.84 Å². The number of halogens is 1. The number of nitrogen functional groups attached to an aromatic ring is 1. The first-order chi connectivity index (χ1) is 7.13. The van der Waals surface area contributed by atoms with E-state index in [4.69, 9.17) is 15.3 Å². The Hall–Kier alpha value is -1.27. The second kappa shape index (κ2) is 4.99. The van der Waals surface area contributed by atoms with Crippen LogP contribution in [0.1, 0.15) is 10.4 Å². The van der Waals surface area contributed by atoms with E-state index >= 15 is 0 Å².